The maximum atomic E-state index is 11.6. The van der Waals surface area contributed by atoms with Gasteiger partial charge >= 0.3 is 12.0 Å². The number of nitrogens with one attached hydrogen (secondary N) is 2. The zero-order valence-electron chi connectivity index (χ0n) is 14.3. The molecular formula is C17H24N2O5. The number of esters is 1. The second kappa shape index (κ2) is 10.3. The van der Waals surface area contributed by atoms with Gasteiger partial charge in [0.25, 0.3) is 5.91 Å². The molecular weight excluding hydrogens is 312 g/mol. The van der Waals surface area contributed by atoms with E-state index >= 15 is 0 Å². The van der Waals surface area contributed by atoms with Gasteiger partial charge in [-0.3, -0.25) is 10.1 Å². The van der Waals surface area contributed by atoms with Crippen molar-refractivity contribution in [1.82, 2.24) is 10.6 Å². The monoisotopic (exact) mass is 336 g/mol. The lowest BCUT2D eigenvalue weighted by atomic mass is 10.1. The molecule has 1 rings (SSSR count). The van der Waals surface area contributed by atoms with Crippen LogP contribution in [0.1, 0.15) is 26.3 Å². The normalized spacial score (nSPS) is 10.2. The Hall–Kier alpha value is -2.57. The molecule has 0 fully saturated rings. The molecule has 0 heterocycles. The summed E-state index contributed by atoms with van der Waals surface area (Å²) in [5, 5.41) is 4.60. The van der Waals surface area contributed by atoms with E-state index in [2.05, 4.69) is 10.6 Å². The van der Waals surface area contributed by atoms with Crippen molar-refractivity contribution in [3.8, 4) is 5.75 Å². The quantitative estimate of drug-likeness (QED) is 0.704. The molecule has 0 atom stereocenters. The van der Waals surface area contributed by atoms with Crippen LogP contribution in [0.5, 0.6) is 5.75 Å². The third kappa shape index (κ3) is 7.62. The standard InChI is InChI=1S/C17H24N2O5/c1-4-13-7-5-6-8-14(13)23-11-16(21)24-10-15(20)19-17(22)18-9-12(2)3/h5-8,12H,4,9-11H2,1-3H3,(H2,18,19,20,22). The lowest BCUT2D eigenvalue weighted by molar-refractivity contribution is -0.150. The van der Waals surface area contributed by atoms with E-state index in [1.807, 2.05) is 39.0 Å². The van der Waals surface area contributed by atoms with Crippen LogP contribution in [0.3, 0.4) is 0 Å². The Morgan fingerprint density at radius 3 is 2.50 bits per heavy atom. The van der Waals surface area contributed by atoms with Gasteiger partial charge in [0.15, 0.2) is 13.2 Å². The van der Waals surface area contributed by atoms with Gasteiger partial charge in [-0.05, 0) is 24.0 Å². The molecule has 132 valence electrons. The Morgan fingerprint density at radius 1 is 1.12 bits per heavy atom. The molecule has 1 aromatic rings. The number of urea groups is 1. The van der Waals surface area contributed by atoms with E-state index in [0.717, 1.165) is 12.0 Å². The summed E-state index contributed by atoms with van der Waals surface area (Å²) in [5.41, 5.74) is 0.977. The summed E-state index contributed by atoms with van der Waals surface area (Å²) in [6.07, 6.45) is 0.777. The van der Waals surface area contributed by atoms with Crippen molar-refractivity contribution < 1.29 is 23.9 Å². The Morgan fingerprint density at radius 2 is 1.83 bits per heavy atom. The van der Waals surface area contributed by atoms with E-state index in [-0.39, 0.29) is 12.5 Å². The highest BCUT2D eigenvalue weighted by Crippen LogP contribution is 2.17. The van der Waals surface area contributed by atoms with Crippen molar-refractivity contribution in [1.29, 1.82) is 0 Å². The topological polar surface area (TPSA) is 93.7 Å². The van der Waals surface area contributed by atoms with Gasteiger partial charge in [-0.25, -0.2) is 9.59 Å². The number of imide groups is 1. The molecule has 7 heteroatoms. The van der Waals surface area contributed by atoms with Gasteiger partial charge in [-0.1, -0.05) is 39.0 Å². The molecule has 0 unspecified atom stereocenters. The summed E-state index contributed by atoms with van der Waals surface area (Å²) < 4.78 is 10.2. The summed E-state index contributed by atoms with van der Waals surface area (Å²) in [5.74, 6) is -0.501. The maximum Gasteiger partial charge on any atom is 0.344 e. The predicted molar refractivity (Wildman–Crippen MR) is 88.7 cm³/mol. The number of para-hydroxylation sites is 1. The predicted octanol–water partition coefficient (Wildman–Crippen LogP) is 1.65. The van der Waals surface area contributed by atoms with Gasteiger partial charge in [0.2, 0.25) is 0 Å². The number of benzene rings is 1. The van der Waals surface area contributed by atoms with Gasteiger partial charge in [0.1, 0.15) is 5.75 Å². The number of carbonyl (C=O) groups excluding carboxylic acids is 3. The second-order valence-corrected chi connectivity index (χ2v) is 5.56. The maximum absolute atomic E-state index is 11.6. The molecule has 0 saturated carbocycles. The van der Waals surface area contributed by atoms with E-state index in [1.165, 1.54) is 0 Å². The Bertz CT molecular complexity index is 572. The average Bonchev–Trinajstić information content (AvgIpc) is 2.56. The van der Waals surface area contributed by atoms with Crippen LogP contribution in [0, 0.1) is 5.92 Å². The van der Waals surface area contributed by atoms with Crippen LogP contribution in [0.4, 0.5) is 4.79 Å². The average molecular weight is 336 g/mol. The lowest BCUT2D eigenvalue weighted by Crippen LogP contribution is -2.42. The molecule has 0 aromatic heterocycles. The van der Waals surface area contributed by atoms with E-state index in [1.54, 1.807) is 6.07 Å². The Kier molecular flexibility index (Phi) is 8.32. The first-order chi connectivity index (χ1) is 11.4. The molecule has 0 aliphatic heterocycles. The minimum Gasteiger partial charge on any atom is -0.482 e. The summed E-state index contributed by atoms with van der Waals surface area (Å²) in [7, 11) is 0. The molecule has 2 N–H and O–H groups in total. The molecule has 1 aromatic carbocycles. The summed E-state index contributed by atoms with van der Waals surface area (Å²) in [4.78, 5) is 34.5. The number of aryl methyl sites for hydroxylation is 1. The van der Waals surface area contributed by atoms with Crippen molar-refractivity contribution in [2.75, 3.05) is 19.8 Å². The molecule has 0 radical (unpaired) electrons. The fraction of sp³-hybridized carbons (Fsp3) is 0.471. The van der Waals surface area contributed by atoms with Gasteiger partial charge < -0.3 is 14.8 Å². The number of carbonyl (C=O) groups is 3. The first-order valence-corrected chi connectivity index (χ1v) is 7.86. The van der Waals surface area contributed by atoms with Crippen LogP contribution in [0.15, 0.2) is 24.3 Å². The first-order valence-electron chi connectivity index (χ1n) is 7.86. The SMILES string of the molecule is CCc1ccccc1OCC(=O)OCC(=O)NC(=O)NCC(C)C. The van der Waals surface area contributed by atoms with E-state index < -0.39 is 24.5 Å². The summed E-state index contributed by atoms with van der Waals surface area (Å²) in [6, 6.07) is 6.75. The highest BCUT2D eigenvalue weighted by atomic mass is 16.6. The van der Waals surface area contributed by atoms with Gasteiger partial charge in [0, 0.05) is 6.54 Å². The Balaban J connectivity index is 2.28. The molecule has 3 amide bonds. The number of hydrogen-bond acceptors (Lipinski definition) is 5. The smallest absolute Gasteiger partial charge is 0.344 e. The summed E-state index contributed by atoms with van der Waals surface area (Å²) >= 11 is 0. The minimum atomic E-state index is -0.696. The number of amides is 3. The van der Waals surface area contributed by atoms with Crippen LogP contribution in [0.25, 0.3) is 0 Å². The van der Waals surface area contributed by atoms with Crippen molar-refractivity contribution in [2.45, 2.75) is 27.2 Å². The summed E-state index contributed by atoms with van der Waals surface area (Å²) in [6.45, 7) is 5.45. The third-order valence-electron chi connectivity index (χ3n) is 2.99. The van der Waals surface area contributed by atoms with Gasteiger partial charge in [0.05, 0.1) is 0 Å². The number of hydrogen-bond donors (Lipinski definition) is 2. The van der Waals surface area contributed by atoms with Crippen molar-refractivity contribution in [3.63, 3.8) is 0 Å². The Labute approximate surface area is 141 Å². The molecule has 0 saturated heterocycles. The van der Waals surface area contributed by atoms with E-state index in [4.69, 9.17) is 9.47 Å². The zero-order valence-corrected chi connectivity index (χ0v) is 14.3. The molecule has 0 aliphatic rings. The number of ether oxygens (including phenoxy) is 2. The van der Waals surface area contributed by atoms with Crippen LogP contribution in [-0.2, 0) is 20.7 Å². The fourth-order valence-corrected chi connectivity index (χ4v) is 1.76. The second-order valence-electron chi connectivity index (χ2n) is 5.56. The van der Waals surface area contributed by atoms with Crippen molar-refractivity contribution in [2.24, 2.45) is 5.92 Å². The molecule has 0 bridgehead atoms. The zero-order chi connectivity index (χ0) is 17.9. The van der Waals surface area contributed by atoms with Gasteiger partial charge in [-0.2, -0.15) is 0 Å². The first kappa shape index (κ1) is 19.5. The van der Waals surface area contributed by atoms with Crippen molar-refractivity contribution in [3.05, 3.63) is 29.8 Å². The molecule has 7 nitrogen and oxygen atoms in total. The fourth-order valence-electron chi connectivity index (χ4n) is 1.76. The van der Waals surface area contributed by atoms with E-state index in [0.29, 0.717) is 12.3 Å². The van der Waals surface area contributed by atoms with Crippen molar-refractivity contribution >= 4 is 17.9 Å². The largest absolute Gasteiger partial charge is 0.482 e. The minimum absolute atomic E-state index is 0.270. The van der Waals surface area contributed by atoms with Gasteiger partial charge in [-0.15, -0.1) is 0 Å². The number of rotatable bonds is 8. The molecule has 0 aliphatic carbocycles. The van der Waals surface area contributed by atoms with Crippen LogP contribution in [-0.4, -0.2) is 37.7 Å². The molecule has 24 heavy (non-hydrogen) atoms. The lowest BCUT2D eigenvalue weighted by Gasteiger charge is -2.10. The van der Waals surface area contributed by atoms with Crippen LogP contribution >= 0.6 is 0 Å². The molecule has 0 spiro atoms. The highest BCUT2D eigenvalue weighted by Gasteiger charge is 2.12. The van der Waals surface area contributed by atoms with E-state index in [9.17, 15) is 14.4 Å². The van der Waals surface area contributed by atoms with Crippen LogP contribution < -0.4 is 15.4 Å². The highest BCUT2D eigenvalue weighted by molar-refractivity contribution is 5.95. The third-order valence-corrected chi connectivity index (χ3v) is 2.99. The van der Waals surface area contributed by atoms with Crippen LogP contribution in [0.2, 0.25) is 0 Å².